The van der Waals surface area contributed by atoms with E-state index in [-0.39, 0.29) is 6.61 Å². The van der Waals surface area contributed by atoms with E-state index in [0.717, 1.165) is 17.4 Å². The fourth-order valence-electron chi connectivity index (χ4n) is 1.14. The van der Waals surface area contributed by atoms with Gasteiger partial charge >= 0.3 is 0 Å². The van der Waals surface area contributed by atoms with Crippen molar-refractivity contribution < 1.29 is 14.6 Å². The maximum absolute atomic E-state index is 10.2. The normalized spacial score (nSPS) is 9.69. The van der Waals surface area contributed by atoms with Crippen LogP contribution in [0.1, 0.15) is 11.1 Å². The molecule has 0 spiro atoms. The van der Waals surface area contributed by atoms with E-state index < -0.39 is 0 Å². The molecular weight excluding hydrogens is 168 g/mol. The van der Waals surface area contributed by atoms with Crippen molar-refractivity contribution in [2.75, 3.05) is 7.11 Å². The summed E-state index contributed by atoms with van der Waals surface area (Å²) < 4.78 is 5.05. The monoisotopic (exact) mass is 180 g/mol. The zero-order valence-electron chi connectivity index (χ0n) is 7.49. The van der Waals surface area contributed by atoms with Crippen LogP contribution in [0.2, 0.25) is 0 Å². The average molecular weight is 180 g/mol. The fourth-order valence-corrected chi connectivity index (χ4v) is 1.14. The third-order valence-electron chi connectivity index (χ3n) is 1.84. The van der Waals surface area contributed by atoms with Crippen LogP contribution in [-0.4, -0.2) is 18.5 Å². The molecule has 0 unspecified atom stereocenters. The summed E-state index contributed by atoms with van der Waals surface area (Å²) in [5.41, 5.74) is 1.63. The zero-order valence-corrected chi connectivity index (χ0v) is 7.49. The molecule has 0 radical (unpaired) electrons. The zero-order chi connectivity index (χ0) is 9.68. The van der Waals surface area contributed by atoms with Gasteiger partial charge in [-0.25, -0.2) is 0 Å². The lowest BCUT2D eigenvalue weighted by Crippen LogP contribution is -1.94. The van der Waals surface area contributed by atoms with Gasteiger partial charge in [0, 0.05) is 12.0 Å². The Morgan fingerprint density at radius 2 is 2.31 bits per heavy atom. The number of ether oxygens (including phenoxy) is 1. The van der Waals surface area contributed by atoms with Gasteiger partial charge < -0.3 is 14.6 Å². The summed E-state index contributed by atoms with van der Waals surface area (Å²) in [7, 11) is 1.54. The van der Waals surface area contributed by atoms with Gasteiger partial charge in [-0.2, -0.15) is 0 Å². The van der Waals surface area contributed by atoms with Crippen LogP contribution in [0, 0.1) is 0 Å². The Balaban J connectivity index is 2.98. The van der Waals surface area contributed by atoms with Crippen LogP contribution >= 0.6 is 0 Å². The van der Waals surface area contributed by atoms with Crippen LogP contribution in [0.25, 0.3) is 0 Å². The maximum Gasteiger partial charge on any atom is 0.124 e. The van der Waals surface area contributed by atoms with Crippen LogP contribution < -0.4 is 4.74 Å². The van der Waals surface area contributed by atoms with E-state index in [2.05, 4.69) is 0 Å². The first-order valence-corrected chi connectivity index (χ1v) is 4.02. The molecular formula is C10H12O3. The number of aliphatic hydroxyl groups excluding tert-OH is 1. The number of carbonyl (C=O) groups excluding carboxylic acids is 1. The Morgan fingerprint density at radius 3 is 2.85 bits per heavy atom. The minimum atomic E-state index is -0.0510. The highest BCUT2D eigenvalue weighted by molar-refractivity contribution is 5.56. The van der Waals surface area contributed by atoms with Crippen molar-refractivity contribution in [3.05, 3.63) is 29.3 Å². The molecule has 0 aromatic heterocycles. The van der Waals surface area contributed by atoms with Gasteiger partial charge in [-0.1, -0.05) is 12.1 Å². The minimum Gasteiger partial charge on any atom is -0.496 e. The molecule has 0 atom stereocenters. The first-order chi connectivity index (χ1) is 6.31. The van der Waals surface area contributed by atoms with Gasteiger partial charge in [0.1, 0.15) is 12.0 Å². The second-order valence-corrected chi connectivity index (χ2v) is 2.68. The summed E-state index contributed by atoms with van der Waals surface area (Å²) in [6, 6.07) is 5.33. The molecule has 0 aliphatic carbocycles. The Morgan fingerprint density at radius 1 is 1.54 bits per heavy atom. The molecule has 1 rings (SSSR count). The predicted molar refractivity (Wildman–Crippen MR) is 48.7 cm³/mol. The van der Waals surface area contributed by atoms with Gasteiger partial charge in [0.05, 0.1) is 13.7 Å². The van der Waals surface area contributed by atoms with E-state index in [1.807, 2.05) is 6.07 Å². The Hall–Kier alpha value is -1.35. The molecule has 0 bridgehead atoms. The largest absolute Gasteiger partial charge is 0.496 e. The molecule has 1 N–H and O–H groups in total. The first kappa shape index (κ1) is 9.74. The van der Waals surface area contributed by atoms with Crippen LogP contribution in [0.4, 0.5) is 0 Å². The first-order valence-electron chi connectivity index (χ1n) is 4.02. The smallest absolute Gasteiger partial charge is 0.124 e. The molecule has 0 aliphatic heterocycles. The van der Waals surface area contributed by atoms with E-state index >= 15 is 0 Å². The third kappa shape index (κ3) is 2.29. The molecule has 0 saturated heterocycles. The number of carbonyl (C=O) groups is 1. The third-order valence-corrected chi connectivity index (χ3v) is 1.84. The predicted octanol–water partition coefficient (Wildman–Crippen LogP) is 0.929. The lowest BCUT2D eigenvalue weighted by Gasteiger charge is -2.06. The van der Waals surface area contributed by atoms with Gasteiger partial charge in [0.2, 0.25) is 0 Å². The van der Waals surface area contributed by atoms with E-state index in [4.69, 9.17) is 9.84 Å². The van der Waals surface area contributed by atoms with Crippen molar-refractivity contribution in [3.63, 3.8) is 0 Å². The van der Waals surface area contributed by atoms with Crippen LogP contribution in [-0.2, 0) is 17.8 Å². The van der Waals surface area contributed by atoms with E-state index in [1.54, 1.807) is 19.2 Å². The van der Waals surface area contributed by atoms with Crippen molar-refractivity contribution in [1.29, 1.82) is 0 Å². The van der Waals surface area contributed by atoms with E-state index in [1.165, 1.54) is 0 Å². The molecule has 0 aliphatic rings. The lowest BCUT2D eigenvalue weighted by molar-refractivity contribution is -0.107. The number of rotatable bonds is 4. The summed E-state index contributed by atoms with van der Waals surface area (Å²) in [4.78, 5) is 10.2. The SMILES string of the molecule is COc1cc(CC=O)ccc1CO. The lowest BCUT2D eigenvalue weighted by atomic mass is 10.1. The topological polar surface area (TPSA) is 46.5 Å². The number of benzene rings is 1. The quantitative estimate of drug-likeness (QED) is 0.701. The van der Waals surface area contributed by atoms with E-state index in [9.17, 15) is 4.79 Å². The molecule has 0 amide bonds. The molecule has 70 valence electrons. The summed E-state index contributed by atoms with van der Waals surface area (Å²) in [6.45, 7) is -0.0510. The Bertz CT molecular complexity index is 294. The Kier molecular flexibility index (Phi) is 3.46. The molecule has 3 nitrogen and oxygen atoms in total. The van der Waals surface area contributed by atoms with E-state index in [0.29, 0.717) is 12.2 Å². The molecule has 1 aromatic rings. The number of aliphatic hydroxyl groups is 1. The van der Waals surface area contributed by atoms with Gasteiger partial charge in [0.15, 0.2) is 0 Å². The highest BCUT2D eigenvalue weighted by Crippen LogP contribution is 2.19. The molecule has 1 aromatic carbocycles. The maximum atomic E-state index is 10.2. The molecule has 13 heavy (non-hydrogen) atoms. The molecule has 0 saturated carbocycles. The van der Waals surface area contributed by atoms with Crippen molar-refractivity contribution >= 4 is 6.29 Å². The van der Waals surface area contributed by atoms with Crippen molar-refractivity contribution in [2.24, 2.45) is 0 Å². The number of hydrogen-bond donors (Lipinski definition) is 1. The van der Waals surface area contributed by atoms with Crippen molar-refractivity contribution in [1.82, 2.24) is 0 Å². The van der Waals surface area contributed by atoms with Gasteiger partial charge in [-0.15, -0.1) is 0 Å². The minimum absolute atomic E-state index is 0.0510. The summed E-state index contributed by atoms with van der Waals surface area (Å²) in [5.74, 6) is 0.627. The standard InChI is InChI=1S/C10H12O3/c1-13-10-6-8(4-5-11)2-3-9(10)7-12/h2-3,5-6,12H,4,7H2,1H3. The van der Waals surface area contributed by atoms with Gasteiger partial charge in [-0.3, -0.25) is 0 Å². The summed E-state index contributed by atoms with van der Waals surface area (Å²) >= 11 is 0. The van der Waals surface area contributed by atoms with Crippen molar-refractivity contribution in [2.45, 2.75) is 13.0 Å². The number of hydrogen-bond acceptors (Lipinski definition) is 3. The molecule has 0 fully saturated rings. The second-order valence-electron chi connectivity index (χ2n) is 2.68. The summed E-state index contributed by atoms with van der Waals surface area (Å²) in [6.07, 6.45) is 1.22. The fraction of sp³-hybridized carbons (Fsp3) is 0.300. The van der Waals surface area contributed by atoms with Crippen LogP contribution in [0.5, 0.6) is 5.75 Å². The molecule has 0 heterocycles. The number of aldehydes is 1. The summed E-state index contributed by atoms with van der Waals surface area (Å²) in [5, 5.41) is 8.92. The Labute approximate surface area is 77.0 Å². The number of methoxy groups -OCH3 is 1. The second kappa shape index (κ2) is 4.62. The van der Waals surface area contributed by atoms with Gasteiger partial charge in [0.25, 0.3) is 0 Å². The van der Waals surface area contributed by atoms with Crippen molar-refractivity contribution in [3.8, 4) is 5.75 Å². The van der Waals surface area contributed by atoms with Gasteiger partial charge in [-0.05, 0) is 11.6 Å². The van der Waals surface area contributed by atoms with Crippen LogP contribution in [0.3, 0.4) is 0 Å². The van der Waals surface area contributed by atoms with Crippen LogP contribution in [0.15, 0.2) is 18.2 Å². The highest BCUT2D eigenvalue weighted by Gasteiger charge is 2.02. The molecule has 3 heteroatoms. The highest BCUT2D eigenvalue weighted by atomic mass is 16.5. The average Bonchev–Trinajstić information content (AvgIpc) is 2.18.